The van der Waals surface area contributed by atoms with E-state index in [2.05, 4.69) is 5.32 Å². The number of hydrogen-bond donors (Lipinski definition) is 1. The van der Waals surface area contributed by atoms with Crippen molar-refractivity contribution in [3.8, 4) is 5.75 Å². The lowest BCUT2D eigenvalue weighted by atomic mass is 10.2. The van der Waals surface area contributed by atoms with Crippen molar-refractivity contribution < 1.29 is 14.3 Å². The third-order valence-electron chi connectivity index (χ3n) is 4.31. The molecule has 0 saturated carbocycles. The van der Waals surface area contributed by atoms with Gasteiger partial charge < -0.3 is 14.5 Å². The van der Waals surface area contributed by atoms with E-state index < -0.39 is 0 Å². The van der Waals surface area contributed by atoms with Gasteiger partial charge in [-0.3, -0.25) is 14.9 Å². The van der Waals surface area contributed by atoms with Gasteiger partial charge in [0, 0.05) is 37.8 Å². The first kappa shape index (κ1) is 17.1. The second kappa shape index (κ2) is 7.90. The third kappa shape index (κ3) is 4.21. The van der Waals surface area contributed by atoms with E-state index in [4.69, 9.17) is 4.74 Å². The van der Waals surface area contributed by atoms with E-state index >= 15 is 0 Å². The molecule has 2 aliphatic heterocycles. The van der Waals surface area contributed by atoms with Crippen molar-refractivity contribution >= 4 is 23.6 Å². The normalized spacial score (nSPS) is 21.0. The average molecular weight is 349 g/mol. The first-order chi connectivity index (χ1) is 11.6. The van der Waals surface area contributed by atoms with Gasteiger partial charge in [0.15, 0.2) is 6.61 Å². The predicted molar refractivity (Wildman–Crippen MR) is 94.1 cm³/mol. The number of benzene rings is 1. The van der Waals surface area contributed by atoms with E-state index in [9.17, 15) is 9.59 Å². The van der Waals surface area contributed by atoms with Gasteiger partial charge in [0.1, 0.15) is 5.75 Å². The van der Waals surface area contributed by atoms with Crippen LogP contribution >= 0.6 is 11.8 Å². The first-order valence-electron chi connectivity index (χ1n) is 8.20. The second-order valence-corrected chi connectivity index (χ2v) is 7.11. The van der Waals surface area contributed by atoms with E-state index in [0.29, 0.717) is 31.9 Å². The van der Waals surface area contributed by atoms with Crippen molar-refractivity contribution in [2.75, 3.05) is 44.4 Å². The molecule has 2 aliphatic rings. The van der Waals surface area contributed by atoms with Crippen molar-refractivity contribution in [1.82, 2.24) is 15.1 Å². The molecular weight excluding hydrogens is 326 g/mol. The maximum absolute atomic E-state index is 12.3. The number of piperazine rings is 1. The molecule has 0 radical (unpaired) electrons. The zero-order valence-corrected chi connectivity index (χ0v) is 14.7. The Morgan fingerprint density at radius 1 is 1.25 bits per heavy atom. The Kier molecular flexibility index (Phi) is 5.63. The Balaban J connectivity index is 1.44. The smallest absolute Gasteiger partial charge is 0.260 e. The summed E-state index contributed by atoms with van der Waals surface area (Å²) in [6.45, 7) is 4.36. The highest BCUT2D eigenvalue weighted by atomic mass is 32.2. The summed E-state index contributed by atoms with van der Waals surface area (Å²) in [5.41, 5.74) is 1.10. The molecule has 2 saturated heterocycles. The molecule has 1 unspecified atom stereocenters. The second-order valence-electron chi connectivity index (χ2n) is 6.08. The Morgan fingerprint density at radius 3 is 2.67 bits per heavy atom. The minimum Gasteiger partial charge on any atom is -0.484 e. The molecule has 1 atom stereocenters. The SMILES string of the molecule is Cc1cccc(OCC(=O)N2CCN(C(=O)C3CSCN3)CC2)c1. The standard InChI is InChI=1S/C17H23N3O3S/c1-13-3-2-4-14(9-13)23-10-16(21)19-5-7-20(8-6-19)17(22)15-11-24-12-18-15/h2-4,9,15,18H,5-8,10-12H2,1H3. The van der Waals surface area contributed by atoms with Gasteiger partial charge in [-0.15, -0.1) is 11.8 Å². The summed E-state index contributed by atoms with van der Waals surface area (Å²) in [4.78, 5) is 28.2. The number of ether oxygens (including phenoxy) is 1. The van der Waals surface area contributed by atoms with Crippen LogP contribution in [0.4, 0.5) is 0 Å². The highest BCUT2D eigenvalue weighted by molar-refractivity contribution is 7.99. The van der Waals surface area contributed by atoms with Crippen LogP contribution in [0.1, 0.15) is 5.56 Å². The molecule has 1 aromatic rings. The fraction of sp³-hybridized carbons (Fsp3) is 0.529. The molecule has 0 bridgehead atoms. The monoisotopic (exact) mass is 349 g/mol. The van der Waals surface area contributed by atoms with Crippen LogP contribution in [0.5, 0.6) is 5.75 Å². The van der Waals surface area contributed by atoms with Crippen LogP contribution in [0.2, 0.25) is 0 Å². The predicted octanol–water partition coefficient (Wildman–Crippen LogP) is 0.707. The molecule has 1 N–H and O–H groups in total. The quantitative estimate of drug-likeness (QED) is 0.867. The van der Waals surface area contributed by atoms with Crippen molar-refractivity contribution in [3.63, 3.8) is 0 Å². The molecule has 0 aromatic heterocycles. The highest BCUT2D eigenvalue weighted by Gasteiger charge is 2.30. The third-order valence-corrected chi connectivity index (χ3v) is 5.25. The van der Waals surface area contributed by atoms with Crippen LogP contribution in [-0.2, 0) is 9.59 Å². The Morgan fingerprint density at radius 2 is 2.00 bits per heavy atom. The van der Waals surface area contributed by atoms with Crippen LogP contribution in [-0.4, -0.2) is 72.1 Å². The summed E-state index contributed by atoms with van der Waals surface area (Å²) in [5.74, 6) is 2.51. The molecule has 2 heterocycles. The number of amides is 2. The van der Waals surface area contributed by atoms with Crippen molar-refractivity contribution in [2.45, 2.75) is 13.0 Å². The number of hydrogen-bond acceptors (Lipinski definition) is 5. The Bertz CT molecular complexity index is 596. The highest BCUT2D eigenvalue weighted by Crippen LogP contribution is 2.14. The molecule has 0 spiro atoms. The van der Waals surface area contributed by atoms with E-state index in [1.807, 2.05) is 36.1 Å². The fourth-order valence-corrected chi connectivity index (χ4v) is 3.82. The summed E-state index contributed by atoms with van der Waals surface area (Å²) >= 11 is 1.75. The molecule has 3 rings (SSSR count). The van der Waals surface area contributed by atoms with E-state index in [1.54, 1.807) is 16.7 Å². The molecule has 2 fully saturated rings. The van der Waals surface area contributed by atoms with Crippen LogP contribution in [0.25, 0.3) is 0 Å². The van der Waals surface area contributed by atoms with Crippen LogP contribution < -0.4 is 10.1 Å². The zero-order chi connectivity index (χ0) is 16.9. The molecular formula is C17H23N3O3S. The van der Waals surface area contributed by atoms with E-state index in [1.165, 1.54) is 0 Å². The van der Waals surface area contributed by atoms with Gasteiger partial charge >= 0.3 is 0 Å². The summed E-state index contributed by atoms with van der Waals surface area (Å²) < 4.78 is 5.57. The number of nitrogens with one attached hydrogen (secondary N) is 1. The lowest BCUT2D eigenvalue weighted by molar-refractivity contribution is -0.141. The summed E-state index contributed by atoms with van der Waals surface area (Å²) in [6, 6.07) is 7.60. The van der Waals surface area contributed by atoms with Gasteiger partial charge in [-0.1, -0.05) is 12.1 Å². The zero-order valence-electron chi connectivity index (χ0n) is 13.9. The van der Waals surface area contributed by atoms with E-state index in [0.717, 1.165) is 17.2 Å². The molecule has 6 nitrogen and oxygen atoms in total. The van der Waals surface area contributed by atoms with Crippen molar-refractivity contribution in [1.29, 1.82) is 0 Å². The lowest BCUT2D eigenvalue weighted by Crippen LogP contribution is -2.55. The summed E-state index contributed by atoms with van der Waals surface area (Å²) in [6.07, 6.45) is 0. The minimum absolute atomic E-state index is 0.0295. The van der Waals surface area contributed by atoms with Gasteiger partial charge in [0.2, 0.25) is 5.91 Å². The van der Waals surface area contributed by atoms with Crippen LogP contribution in [0.3, 0.4) is 0 Å². The Hall–Kier alpha value is -1.73. The Labute approximate surface area is 146 Å². The maximum atomic E-state index is 12.3. The van der Waals surface area contributed by atoms with Gasteiger partial charge in [0.05, 0.1) is 6.04 Å². The summed E-state index contributed by atoms with van der Waals surface area (Å²) in [5, 5.41) is 3.20. The van der Waals surface area contributed by atoms with Crippen LogP contribution in [0.15, 0.2) is 24.3 Å². The largest absolute Gasteiger partial charge is 0.484 e. The minimum atomic E-state index is -0.0677. The van der Waals surface area contributed by atoms with Gasteiger partial charge in [0.25, 0.3) is 5.91 Å². The molecule has 7 heteroatoms. The number of thioether (sulfide) groups is 1. The van der Waals surface area contributed by atoms with Gasteiger partial charge in [-0.25, -0.2) is 0 Å². The molecule has 130 valence electrons. The van der Waals surface area contributed by atoms with E-state index in [-0.39, 0.29) is 24.5 Å². The number of nitrogens with zero attached hydrogens (tertiary/aromatic N) is 2. The number of carbonyl (C=O) groups is 2. The number of rotatable bonds is 4. The number of aryl methyl sites for hydroxylation is 1. The van der Waals surface area contributed by atoms with Crippen molar-refractivity contribution in [2.24, 2.45) is 0 Å². The van der Waals surface area contributed by atoms with Crippen LogP contribution in [0, 0.1) is 6.92 Å². The average Bonchev–Trinajstić information content (AvgIpc) is 3.14. The summed E-state index contributed by atoms with van der Waals surface area (Å²) in [7, 11) is 0. The molecule has 24 heavy (non-hydrogen) atoms. The number of carbonyl (C=O) groups excluding carboxylic acids is 2. The topological polar surface area (TPSA) is 61.9 Å². The maximum Gasteiger partial charge on any atom is 0.260 e. The lowest BCUT2D eigenvalue weighted by Gasteiger charge is -2.35. The van der Waals surface area contributed by atoms with Gasteiger partial charge in [-0.2, -0.15) is 0 Å². The fourth-order valence-electron chi connectivity index (χ4n) is 2.89. The first-order valence-corrected chi connectivity index (χ1v) is 9.36. The molecule has 2 amide bonds. The molecule has 1 aromatic carbocycles. The van der Waals surface area contributed by atoms with Gasteiger partial charge in [-0.05, 0) is 24.6 Å². The van der Waals surface area contributed by atoms with Crippen molar-refractivity contribution in [3.05, 3.63) is 29.8 Å². The molecule has 0 aliphatic carbocycles.